The molecule has 0 spiro atoms. The Morgan fingerprint density at radius 1 is 1.47 bits per heavy atom. The van der Waals surface area contributed by atoms with Gasteiger partial charge in [-0.15, -0.1) is 0 Å². The third-order valence-corrected chi connectivity index (χ3v) is 2.98. The molecule has 0 amide bonds. The van der Waals surface area contributed by atoms with Crippen molar-refractivity contribution < 1.29 is 5.11 Å². The first-order valence-electron chi connectivity index (χ1n) is 4.81. The zero-order chi connectivity index (χ0) is 11.8. The van der Waals surface area contributed by atoms with Gasteiger partial charge in [-0.05, 0) is 46.6 Å². The van der Waals surface area contributed by atoms with E-state index in [1.54, 1.807) is 6.92 Å². The summed E-state index contributed by atoms with van der Waals surface area (Å²) >= 11 is 2.04. The first-order valence-corrected chi connectivity index (χ1v) is 5.88. The molecule has 4 heteroatoms. The highest BCUT2D eigenvalue weighted by Gasteiger charge is 2.26. The molecular weight excluding hydrogens is 305 g/mol. The van der Waals surface area contributed by atoms with Crippen molar-refractivity contribution in [3.8, 4) is 0 Å². The van der Waals surface area contributed by atoms with Crippen LogP contribution >= 0.6 is 22.6 Å². The number of aliphatic hydroxyl groups excluding tert-OH is 1. The van der Waals surface area contributed by atoms with Gasteiger partial charge in [0.15, 0.2) is 0 Å². The summed E-state index contributed by atoms with van der Waals surface area (Å²) in [7, 11) is 0. The first kappa shape index (κ1) is 12.7. The van der Waals surface area contributed by atoms with E-state index in [0.29, 0.717) is 5.56 Å². The van der Waals surface area contributed by atoms with Gasteiger partial charge in [-0.1, -0.05) is 20.8 Å². The average molecular weight is 321 g/mol. The van der Waals surface area contributed by atoms with Crippen LogP contribution in [-0.4, -0.2) is 10.1 Å². The number of aromatic amines is 1. The average Bonchev–Trinajstić information content (AvgIpc) is 2.08. The number of hydrogen-bond acceptors (Lipinski definition) is 2. The summed E-state index contributed by atoms with van der Waals surface area (Å²) in [5.41, 5.74) is 0.926. The van der Waals surface area contributed by atoms with Crippen LogP contribution in [0.15, 0.2) is 10.9 Å². The SMILES string of the molecule is Cc1c(C(O)C(C)(C)C)cc(I)[nH]c1=O. The van der Waals surface area contributed by atoms with E-state index in [4.69, 9.17) is 0 Å². The second kappa shape index (κ2) is 4.25. The van der Waals surface area contributed by atoms with Crippen LogP contribution in [0, 0.1) is 16.0 Å². The zero-order valence-corrected chi connectivity index (χ0v) is 11.5. The van der Waals surface area contributed by atoms with Crippen LogP contribution in [0.5, 0.6) is 0 Å². The number of hydrogen-bond donors (Lipinski definition) is 2. The molecule has 0 saturated heterocycles. The van der Waals surface area contributed by atoms with E-state index in [0.717, 1.165) is 9.26 Å². The van der Waals surface area contributed by atoms with E-state index in [-0.39, 0.29) is 11.0 Å². The largest absolute Gasteiger partial charge is 0.388 e. The molecular formula is C11H16INO2. The van der Waals surface area contributed by atoms with E-state index in [1.807, 2.05) is 49.4 Å². The van der Waals surface area contributed by atoms with Gasteiger partial charge in [0.1, 0.15) is 0 Å². The summed E-state index contributed by atoms with van der Waals surface area (Å²) in [6.45, 7) is 7.58. The Labute approximate surface area is 103 Å². The quantitative estimate of drug-likeness (QED) is 0.616. The molecule has 1 rings (SSSR count). The molecule has 3 nitrogen and oxygen atoms in total. The van der Waals surface area contributed by atoms with Crippen molar-refractivity contribution in [2.75, 3.05) is 0 Å². The predicted octanol–water partition coefficient (Wildman–Crippen LogP) is 2.37. The standard InChI is InChI=1S/C11H16INO2/c1-6-7(9(14)11(2,3)4)5-8(12)13-10(6)15/h5,9,14H,1-4H3,(H,13,15). The van der Waals surface area contributed by atoms with Crippen molar-refractivity contribution >= 4 is 22.6 Å². The fourth-order valence-electron chi connectivity index (χ4n) is 1.36. The Bertz CT molecular complexity index is 418. The normalized spacial score (nSPS) is 14.0. The number of pyridine rings is 1. The van der Waals surface area contributed by atoms with Crippen LogP contribution in [0.4, 0.5) is 0 Å². The smallest absolute Gasteiger partial charge is 0.252 e. The van der Waals surface area contributed by atoms with Crippen molar-refractivity contribution in [3.05, 3.63) is 31.2 Å². The lowest BCUT2D eigenvalue weighted by molar-refractivity contribution is 0.0619. The first-order chi connectivity index (χ1) is 6.73. The topological polar surface area (TPSA) is 53.1 Å². The number of H-pyrrole nitrogens is 1. The van der Waals surface area contributed by atoms with Crippen molar-refractivity contribution in [3.63, 3.8) is 0 Å². The lowest BCUT2D eigenvalue weighted by Gasteiger charge is -2.27. The lowest BCUT2D eigenvalue weighted by Crippen LogP contribution is -2.23. The number of nitrogens with one attached hydrogen (secondary N) is 1. The van der Waals surface area contributed by atoms with Gasteiger partial charge in [0, 0.05) is 5.56 Å². The number of aromatic nitrogens is 1. The molecule has 1 atom stereocenters. The van der Waals surface area contributed by atoms with Crippen LogP contribution < -0.4 is 5.56 Å². The van der Waals surface area contributed by atoms with Crippen LogP contribution in [0.1, 0.15) is 38.0 Å². The molecule has 1 heterocycles. The molecule has 0 saturated carbocycles. The zero-order valence-electron chi connectivity index (χ0n) is 9.39. The van der Waals surface area contributed by atoms with Crippen LogP contribution in [0.2, 0.25) is 0 Å². The molecule has 2 N–H and O–H groups in total. The van der Waals surface area contributed by atoms with Crippen molar-refractivity contribution in [2.24, 2.45) is 5.41 Å². The van der Waals surface area contributed by atoms with Gasteiger partial charge < -0.3 is 10.1 Å². The molecule has 0 radical (unpaired) electrons. The summed E-state index contributed by atoms with van der Waals surface area (Å²) in [6.07, 6.45) is -0.617. The fourth-order valence-corrected chi connectivity index (χ4v) is 1.95. The minimum absolute atomic E-state index is 0.125. The van der Waals surface area contributed by atoms with Gasteiger partial charge in [-0.25, -0.2) is 0 Å². The van der Waals surface area contributed by atoms with Gasteiger partial charge in [-0.2, -0.15) is 0 Å². The van der Waals surface area contributed by atoms with E-state index >= 15 is 0 Å². The minimum atomic E-state index is -0.617. The highest BCUT2D eigenvalue weighted by molar-refractivity contribution is 14.1. The summed E-state index contributed by atoms with van der Waals surface area (Å²) in [6, 6.07) is 1.83. The second-order valence-corrected chi connectivity index (χ2v) is 5.96. The summed E-state index contributed by atoms with van der Waals surface area (Å²) in [5, 5.41) is 10.1. The number of rotatable bonds is 1. The molecule has 0 aliphatic rings. The Morgan fingerprint density at radius 2 is 2.00 bits per heavy atom. The van der Waals surface area contributed by atoms with E-state index in [2.05, 4.69) is 4.98 Å². The molecule has 1 aromatic heterocycles. The van der Waals surface area contributed by atoms with Crippen molar-refractivity contribution in [2.45, 2.75) is 33.8 Å². The highest BCUT2D eigenvalue weighted by atomic mass is 127. The summed E-state index contributed by atoms with van der Waals surface area (Å²) in [5.74, 6) is 0. The Balaban J connectivity index is 3.32. The molecule has 0 fully saturated rings. The van der Waals surface area contributed by atoms with Gasteiger partial charge >= 0.3 is 0 Å². The van der Waals surface area contributed by atoms with Gasteiger partial charge in [0.2, 0.25) is 0 Å². The molecule has 0 aliphatic carbocycles. The monoisotopic (exact) mass is 321 g/mol. The van der Waals surface area contributed by atoms with Crippen LogP contribution in [0.25, 0.3) is 0 Å². The summed E-state index contributed by atoms with van der Waals surface area (Å²) < 4.78 is 0.751. The number of halogens is 1. The van der Waals surface area contributed by atoms with E-state index in [9.17, 15) is 9.90 Å². The fraction of sp³-hybridized carbons (Fsp3) is 0.545. The van der Waals surface area contributed by atoms with Gasteiger partial charge in [0.25, 0.3) is 5.56 Å². The molecule has 0 aliphatic heterocycles. The second-order valence-electron chi connectivity index (χ2n) is 4.80. The molecule has 84 valence electrons. The van der Waals surface area contributed by atoms with Crippen LogP contribution in [0.3, 0.4) is 0 Å². The molecule has 0 bridgehead atoms. The maximum absolute atomic E-state index is 11.5. The highest BCUT2D eigenvalue weighted by Crippen LogP contribution is 2.33. The molecule has 15 heavy (non-hydrogen) atoms. The minimum Gasteiger partial charge on any atom is -0.388 e. The van der Waals surface area contributed by atoms with Gasteiger partial charge in [-0.3, -0.25) is 4.79 Å². The maximum Gasteiger partial charge on any atom is 0.252 e. The Kier molecular flexibility index (Phi) is 3.60. The molecule has 1 unspecified atom stereocenters. The van der Waals surface area contributed by atoms with Crippen molar-refractivity contribution in [1.82, 2.24) is 4.98 Å². The van der Waals surface area contributed by atoms with Gasteiger partial charge in [0.05, 0.1) is 9.80 Å². The number of aliphatic hydroxyl groups is 1. The van der Waals surface area contributed by atoms with E-state index in [1.165, 1.54) is 0 Å². The summed E-state index contributed by atoms with van der Waals surface area (Å²) in [4.78, 5) is 14.2. The molecule has 1 aromatic rings. The van der Waals surface area contributed by atoms with E-state index < -0.39 is 6.10 Å². The predicted molar refractivity (Wildman–Crippen MR) is 68.9 cm³/mol. The Morgan fingerprint density at radius 3 is 2.47 bits per heavy atom. The van der Waals surface area contributed by atoms with Crippen LogP contribution in [-0.2, 0) is 0 Å². The Hall–Kier alpha value is -0.360. The lowest BCUT2D eigenvalue weighted by atomic mass is 9.84. The third-order valence-electron chi connectivity index (χ3n) is 2.40. The maximum atomic E-state index is 11.5. The third kappa shape index (κ3) is 2.81. The molecule has 0 aromatic carbocycles. The van der Waals surface area contributed by atoms with Crippen molar-refractivity contribution in [1.29, 1.82) is 0 Å².